The maximum atomic E-state index is 12.5. The molecule has 2 heterocycles. The molecule has 2 amide bonds. The normalized spacial score (nSPS) is 19.4. The van der Waals surface area contributed by atoms with E-state index in [1.54, 1.807) is 18.1 Å². The van der Waals surface area contributed by atoms with Crippen molar-refractivity contribution in [3.63, 3.8) is 0 Å². The molecule has 1 aliphatic rings. The highest BCUT2D eigenvalue weighted by Gasteiger charge is 2.44. The van der Waals surface area contributed by atoms with E-state index in [0.29, 0.717) is 31.8 Å². The number of methoxy groups -OCH3 is 1. The standard InChI is InChI=1S/C22H32N4O4/c1-14-16(20(27)23-9-11-30-5)6-7-18-17(14)13-25(24-18)12-15-8-10-26(21(28)29)19(15)22(2,3)4/h6-7,13,15,19H,8-12H2,1-5H3,(H,23,27)(H,28,29)/t15?,19-/m0/s1. The molecule has 1 fully saturated rings. The lowest BCUT2D eigenvalue weighted by atomic mass is 9.79. The lowest BCUT2D eigenvalue weighted by molar-refractivity contribution is 0.0869. The quantitative estimate of drug-likeness (QED) is 0.705. The van der Waals surface area contributed by atoms with E-state index < -0.39 is 6.09 Å². The lowest BCUT2D eigenvalue weighted by Gasteiger charge is -2.37. The molecule has 2 aromatic rings. The maximum absolute atomic E-state index is 12.5. The van der Waals surface area contributed by atoms with Crippen molar-refractivity contribution >= 4 is 22.9 Å². The lowest BCUT2D eigenvalue weighted by Crippen LogP contribution is -2.46. The number of likely N-dealkylation sites (tertiary alicyclic amines) is 1. The average Bonchev–Trinajstić information content (AvgIpc) is 3.26. The number of hydrogen-bond donors (Lipinski definition) is 2. The first-order valence-corrected chi connectivity index (χ1v) is 10.4. The third-order valence-electron chi connectivity index (χ3n) is 5.92. The third-order valence-corrected chi connectivity index (χ3v) is 5.92. The zero-order valence-corrected chi connectivity index (χ0v) is 18.4. The van der Waals surface area contributed by atoms with Crippen LogP contribution in [0, 0.1) is 18.3 Å². The Morgan fingerprint density at radius 3 is 2.70 bits per heavy atom. The SMILES string of the molecule is COCCNC(=O)c1ccc2nn(CC3CCN(C(=O)O)[C@@H]3C(C)(C)C)cc2c1C. The molecule has 1 aliphatic heterocycles. The van der Waals surface area contributed by atoms with Crippen molar-refractivity contribution in [3.8, 4) is 0 Å². The van der Waals surface area contributed by atoms with Crippen molar-refractivity contribution in [2.24, 2.45) is 11.3 Å². The number of benzene rings is 1. The zero-order valence-electron chi connectivity index (χ0n) is 18.4. The molecule has 1 unspecified atom stereocenters. The van der Waals surface area contributed by atoms with Gasteiger partial charge in [-0.2, -0.15) is 5.10 Å². The summed E-state index contributed by atoms with van der Waals surface area (Å²) in [5.74, 6) is 0.0624. The van der Waals surface area contributed by atoms with Crippen LogP contribution in [-0.2, 0) is 11.3 Å². The minimum absolute atomic E-state index is 0.0643. The number of aromatic nitrogens is 2. The van der Waals surface area contributed by atoms with Gasteiger partial charge in [0.15, 0.2) is 0 Å². The Balaban J connectivity index is 1.83. The number of carbonyl (C=O) groups is 2. The molecule has 1 aromatic carbocycles. The van der Waals surface area contributed by atoms with E-state index in [9.17, 15) is 14.7 Å². The summed E-state index contributed by atoms with van der Waals surface area (Å²) < 4.78 is 6.88. The van der Waals surface area contributed by atoms with Crippen molar-refractivity contribution in [2.75, 3.05) is 26.8 Å². The molecule has 1 saturated heterocycles. The number of hydrogen-bond acceptors (Lipinski definition) is 4. The summed E-state index contributed by atoms with van der Waals surface area (Å²) in [6, 6.07) is 3.60. The fourth-order valence-electron chi connectivity index (χ4n) is 4.66. The highest BCUT2D eigenvalue weighted by atomic mass is 16.5. The summed E-state index contributed by atoms with van der Waals surface area (Å²) in [7, 11) is 1.60. The van der Waals surface area contributed by atoms with Crippen molar-refractivity contribution in [1.29, 1.82) is 0 Å². The molecule has 30 heavy (non-hydrogen) atoms. The number of nitrogens with one attached hydrogen (secondary N) is 1. The fraction of sp³-hybridized carbons (Fsp3) is 0.591. The Morgan fingerprint density at radius 1 is 1.33 bits per heavy atom. The van der Waals surface area contributed by atoms with Gasteiger partial charge in [0.2, 0.25) is 0 Å². The first kappa shape index (κ1) is 22.1. The summed E-state index contributed by atoms with van der Waals surface area (Å²) in [5, 5.41) is 18.1. The van der Waals surface area contributed by atoms with Gasteiger partial charge < -0.3 is 20.1 Å². The van der Waals surface area contributed by atoms with Crippen LogP contribution < -0.4 is 5.32 Å². The zero-order chi connectivity index (χ0) is 22.1. The Morgan fingerprint density at radius 2 is 2.07 bits per heavy atom. The second kappa shape index (κ2) is 8.63. The predicted octanol–water partition coefficient (Wildman–Crippen LogP) is 3.14. The number of amides is 2. The summed E-state index contributed by atoms with van der Waals surface area (Å²) >= 11 is 0. The van der Waals surface area contributed by atoms with Crippen molar-refractivity contribution in [2.45, 2.75) is 46.7 Å². The van der Waals surface area contributed by atoms with Crippen LogP contribution in [0.5, 0.6) is 0 Å². The van der Waals surface area contributed by atoms with Crippen molar-refractivity contribution in [1.82, 2.24) is 20.0 Å². The number of ether oxygens (including phenoxy) is 1. The number of nitrogens with zero attached hydrogens (tertiary/aromatic N) is 3. The molecule has 0 radical (unpaired) electrons. The van der Waals surface area contributed by atoms with Crippen LogP contribution in [-0.4, -0.2) is 64.6 Å². The highest BCUT2D eigenvalue weighted by Crippen LogP contribution is 2.38. The van der Waals surface area contributed by atoms with Gasteiger partial charge in [-0.15, -0.1) is 0 Å². The predicted molar refractivity (Wildman–Crippen MR) is 115 cm³/mol. The smallest absolute Gasteiger partial charge is 0.407 e. The van der Waals surface area contributed by atoms with E-state index in [2.05, 4.69) is 26.1 Å². The maximum Gasteiger partial charge on any atom is 0.407 e. The number of aryl methyl sites for hydroxylation is 1. The first-order chi connectivity index (χ1) is 14.1. The number of carbonyl (C=O) groups excluding carboxylic acids is 1. The van der Waals surface area contributed by atoms with Crippen LogP contribution >= 0.6 is 0 Å². The first-order valence-electron chi connectivity index (χ1n) is 10.4. The van der Waals surface area contributed by atoms with Gasteiger partial charge in [-0.25, -0.2) is 4.79 Å². The molecule has 2 N–H and O–H groups in total. The Labute approximate surface area is 177 Å². The average molecular weight is 417 g/mol. The van der Waals surface area contributed by atoms with Crippen LogP contribution in [0.1, 0.15) is 43.1 Å². The van der Waals surface area contributed by atoms with Crippen molar-refractivity contribution < 1.29 is 19.4 Å². The van der Waals surface area contributed by atoms with E-state index in [1.807, 2.05) is 23.9 Å². The van der Waals surface area contributed by atoms with Gasteiger partial charge in [-0.3, -0.25) is 9.48 Å². The Bertz CT molecular complexity index is 931. The van der Waals surface area contributed by atoms with Gasteiger partial charge in [0.1, 0.15) is 0 Å². The van der Waals surface area contributed by atoms with Gasteiger partial charge in [0.05, 0.1) is 12.1 Å². The van der Waals surface area contributed by atoms with E-state index >= 15 is 0 Å². The van der Waals surface area contributed by atoms with Crippen LogP contribution in [0.4, 0.5) is 4.79 Å². The van der Waals surface area contributed by atoms with Crippen LogP contribution in [0.3, 0.4) is 0 Å². The largest absolute Gasteiger partial charge is 0.465 e. The molecule has 3 rings (SSSR count). The number of rotatable bonds is 6. The third kappa shape index (κ3) is 4.43. The molecule has 0 saturated carbocycles. The van der Waals surface area contributed by atoms with E-state index in [4.69, 9.17) is 9.84 Å². The van der Waals surface area contributed by atoms with Gasteiger partial charge in [0, 0.05) is 55.9 Å². The van der Waals surface area contributed by atoms with Crippen LogP contribution in [0.2, 0.25) is 0 Å². The molecule has 164 valence electrons. The number of carboxylic acid groups (broad SMARTS) is 1. The molecule has 8 nitrogen and oxygen atoms in total. The monoisotopic (exact) mass is 416 g/mol. The summed E-state index contributed by atoms with van der Waals surface area (Å²) in [6.45, 7) is 10.3. The molecule has 0 aliphatic carbocycles. The minimum atomic E-state index is -0.858. The Hall–Kier alpha value is -2.61. The molecule has 0 spiro atoms. The molecule has 2 atom stereocenters. The van der Waals surface area contributed by atoms with Crippen LogP contribution in [0.15, 0.2) is 18.3 Å². The second-order valence-electron chi connectivity index (χ2n) is 9.11. The van der Waals surface area contributed by atoms with Gasteiger partial charge in [-0.1, -0.05) is 20.8 Å². The van der Waals surface area contributed by atoms with Crippen molar-refractivity contribution in [3.05, 3.63) is 29.5 Å². The summed E-state index contributed by atoms with van der Waals surface area (Å²) in [4.78, 5) is 25.7. The van der Waals surface area contributed by atoms with Gasteiger partial charge in [0.25, 0.3) is 5.91 Å². The van der Waals surface area contributed by atoms with Gasteiger partial charge >= 0.3 is 6.09 Å². The molecular formula is C22H32N4O4. The van der Waals surface area contributed by atoms with E-state index in [0.717, 1.165) is 22.9 Å². The highest BCUT2D eigenvalue weighted by molar-refractivity contribution is 6.00. The van der Waals surface area contributed by atoms with Gasteiger partial charge in [-0.05, 0) is 36.5 Å². The van der Waals surface area contributed by atoms with E-state index in [-0.39, 0.29) is 23.3 Å². The molecule has 1 aromatic heterocycles. The second-order valence-corrected chi connectivity index (χ2v) is 9.11. The summed E-state index contributed by atoms with van der Waals surface area (Å²) in [6.07, 6.45) is 1.93. The van der Waals surface area contributed by atoms with E-state index in [1.165, 1.54) is 0 Å². The molecule has 0 bridgehead atoms. The minimum Gasteiger partial charge on any atom is -0.465 e. The molecular weight excluding hydrogens is 384 g/mol. The number of fused-ring (bicyclic) bond motifs is 1. The Kier molecular flexibility index (Phi) is 6.36. The topological polar surface area (TPSA) is 96.7 Å². The van der Waals surface area contributed by atoms with Crippen LogP contribution in [0.25, 0.3) is 10.9 Å². The summed E-state index contributed by atoms with van der Waals surface area (Å²) in [5.41, 5.74) is 2.19. The fourth-order valence-corrected chi connectivity index (χ4v) is 4.66. The molecule has 8 heteroatoms.